The Kier molecular flexibility index (Phi) is 4.92. The van der Waals surface area contributed by atoms with Gasteiger partial charge in [0.05, 0.1) is 6.54 Å². The number of amides is 1. The highest BCUT2D eigenvalue weighted by molar-refractivity contribution is 7.13. The summed E-state index contributed by atoms with van der Waals surface area (Å²) in [5.41, 5.74) is 2.28. The molecule has 0 spiro atoms. The van der Waals surface area contributed by atoms with E-state index in [0.29, 0.717) is 18.3 Å². The predicted molar refractivity (Wildman–Crippen MR) is 102 cm³/mol. The number of carbonyl (C=O) groups is 1. The minimum Gasteiger partial charge on any atom is -0.359 e. The van der Waals surface area contributed by atoms with Crippen LogP contribution in [-0.2, 0) is 6.54 Å². The minimum absolute atomic E-state index is 0.190. The van der Waals surface area contributed by atoms with Gasteiger partial charge in [0.15, 0.2) is 5.13 Å². The van der Waals surface area contributed by atoms with Crippen molar-refractivity contribution >= 4 is 28.1 Å². The van der Waals surface area contributed by atoms with Gasteiger partial charge >= 0.3 is 0 Å². The Morgan fingerprint density at radius 1 is 1.23 bits per heavy atom. The van der Waals surface area contributed by atoms with Gasteiger partial charge in [-0.2, -0.15) is 5.10 Å². The van der Waals surface area contributed by atoms with E-state index in [1.807, 2.05) is 24.3 Å². The second-order valence-electron chi connectivity index (χ2n) is 6.41. The number of nitrogens with zero attached hydrogens (tertiary/aromatic N) is 4. The highest BCUT2D eigenvalue weighted by Gasteiger charge is 2.17. The first-order valence-electron chi connectivity index (χ1n) is 8.71. The molecule has 2 aromatic heterocycles. The van der Waals surface area contributed by atoms with Crippen molar-refractivity contribution in [3.8, 4) is 0 Å². The Morgan fingerprint density at radius 2 is 2.04 bits per heavy atom. The van der Waals surface area contributed by atoms with Crippen LogP contribution in [0.4, 0.5) is 10.8 Å². The highest BCUT2D eigenvalue weighted by Crippen LogP contribution is 2.24. The van der Waals surface area contributed by atoms with Crippen LogP contribution in [0.25, 0.3) is 0 Å². The lowest BCUT2D eigenvalue weighted by Crippen LogP contribution is -2.15. The Balaban J connectivity index is 1.34. The molecule has 1 saturated carbocycles. The van der Waals surface area contributed by atoms with Crippen LogP contribution in [0.15, 0.2) is 42.3 Å². The normalized spacial score (nSPS) is 14.5. The van der Waals surface area contributed by atoms with E-state index in [2.05, 4.69) is 25.7 Å². The average molecular weight is 368 g/mol. The lowest BCUT2D eigenvalue weighted by Gasteiger charge is -2.09. The maximum Gasteiger partial charge on any atom is 0.275 e. The van der Waals surface area contributed by atoms with Crippen molar-refractivity contribution in [2.45, 2.75) is 38.3 Å². The van der Waals surface area contributed by atoms with E-state index >= 15 is 0 Å². The number of benzene rings is 1. The standard InChI is InChI=1S/C18H20N6OS/c25-17(16-10-26-18(23-16)22-14-3-1-2-4-14)21-15-7-5-13(6-8-15)9-24-12-19-11-20-24/h5-8,10-12,14H,1-4,9H2,(H,21,25)(H,22,23). The second kappa shape index (κ2) is 7.65. The molecule has 0 saturated heterocycles. The van der Waals surface area contributed by atoms with Crippen LogP contribution in [0, 0.1) is 0 Å². The molecule has 0 radical (unpaired) electrons. The predicted octanol–water partition coefficient (Wildman–Crippen LogP) is 3.39. The molecule has 0 aliphatic heterocycles. The molecule has 1 amide bonds. The zero-order chi connectivity index (χ0) is 17.8. The SMILES string of the molecule is O=C(Nc1ccc(Cn2cncn2)cc1)c1csc(NC2CCCC2)n1. The van der Waals surface area contributed by atoms with Crippen LogP contribution < -0.4 is 10.6 Å². The lowest BCUT2D eigenvalue weighted by molar-refractivity contribution is 0.102. The van der Waals surface area contributed by atoms with E-state index in [1.54, 1.807) is 16.4 Å². The number of nitrogens with one attached hydrogen (secondary N) is 2. The first-order chi connectivity index (χ1) is 12.8. The summed E-state index contributed by atoms with van der Waals surface area (Å²) in [6.07, 6.45) is 8.09. The molecular formula is C18H20N6OS. The summed E-state index contributed by atoms with van der Waals surface area (Å²) in [6.45, 7) is 0.649. The number of hydrogen-bond donors (Lipinski definition) is 2. The average Bonchev–Trinajstić information content (AvgIpc) is 3.40. The molecule has 8 heteroatoms. The fraction of sp³-hybridized carbons (Fsp3) is 0.333. The molecule has 3 aromatic rings. The Labute approximate surface area is 155 Å². The van der Waals surface area contributed by atoms with Gasteiger partial charge in [-0.1, -0.05) is 25.0 Å². The third kappa shape index (κ3) is 4.08. The summed E-state index contributed by atoms with van der Waals surface area (Å²) in [5, 5.41) is 13.0. The van der Waals surface area contributed by atoms with E-state index in [9.17, 15) is 4.79 Å². The molecule has 1 aliphatic rings. The topological polar surface area (TPSA) is 84.7 Å². The van der Waals surface area contributed by atoms with E-state index in [1.165, 1.54) is 43.3 Å². The number of aromatic nitrogens is 4. The molecule has 0 unspecified atom stereocenters. The maximum absolute atomic E-state index is 12.4. The van der Waals surface area contributed by atoms with Gasteiger partial charge in [0, 0.05) is 17.1 Å². The van der Waals surface area contributed by atoms with Gasteiger partial charge in [-0.25, -0.2) is 14.6 Å². The van der Waals surface area contributed by atoms with Crippen LogP contribution in [0.5, 0.6) is 0 Å². The van der Waals surface area contributed by atoms with Gasteiger partial charge in [-0.05, 0) is 30.5 Å². The van der Waals surface area contributed by atoms with Crippen molar-refractivity contribution in [2.75, 3.05) is 10.6 Å². The van der Waals surface area contributed by atoms with Crippen LogP contribution in [0.3, 0.4) is 0 Å². The Morgan fingerprint density at radius 3 is 2.77 bits per heavy atom. The molecule has 1 fully saturated rings. The zero-order valence-corrected chi connectivity index (χ0v) is 15.1. The van der Waals surface area contributed by atoms with Crippen molar-refractivity contribution in [1.29, 1.82) is 0 Å². The monoisotopic (exact) mass is 368 g/mol. The Bertz CT molecular complexity index is 852. The van der Waals surface area contributed by atoms with Gasteiger partial charge in [0.25, 0.3) is 5.91 Å². The summed E-state index contributed by atoms with van der Waals surface area (Å²) in [4.78, 5) is 20.7. The highest BCUT2D eigenvalue weighted by atomic mass is 32.1. The van der Waals surface area contributed by atoms with Crippen LogP contribution in [0.1, 0.15) is 41.7 Å². The smallest absolute Gasteiger partial charge is 0.275 e. The van der Waals surface area contributed by atoms with Crippen molar-refractivity contribution in [1.82, 2.24) is 19.7 Å². The van der Waals surface area contributed by atoms with Gasteiger partial charge < -0.3 is 10.6 Å². The van der Waals surface area contributed by atoms with E-state index in [0.717, 1.165) is 16.4 Å². The van der Waals surface area contributed by atoms with Gasteiger partial charge in [0.2, 0.25) is 0 Å². The molecule has 134 valence electrons. The molecular weight excluding hydrogens is 348 g/mol. The maximum atomic E-state index is 12.4. The summed E-state index contributed by atoms with van der Waals surface area (Å²) >= 11 is 1.48. The minimum atomic E-state index is -0.190. The molecule has 4 rings (SSSR count). The van der Waals surface area contributed by atoms with E-state index in [4.69, 9.17) is 0 Å². The summed E-state index contributed by atoms with van der Waals surface area (Å²) in [5.74, 6) is -0.190. The quantitative estimate of drug-likeness (QED) is 0.697. The van der Waals surface area contributed by atoms with Crippen molar-refractivity contribution in [3.05, 3.63) is 53.6 Å². The molecule has 0 bridgehead atoms. The Hall–Kier alpha value is -2.74. The molecule has 26 heavy (non-hydrogen) atoms. The van der Waals surface area contributed by atoms with Crippen molar-refractivity contribution < 1.29 is 4.79 Å². The molecule has 0 atom stereocenters. The first-order valence-corrected chi connectivity index (χ1v) is 9.59. The largest absolute Gasteiger partial charge is 0.359 e. The molecule has 2 N–H and O–H groups in total. The van der Waals surface area contributed by atoms with Crippen LogP contribution >= 0.6 is 11.3 Å². The number of carbonyl (C=O) groups excluding carboxylic acids is 1. The van der Waals surface area contributed by atoms with Crippen LogP contribution in [-0.4, -0.2) is 31.7 Å². The summed E-state index contributed by atoms with van der Waals surface area (Å²) in [6, 6.07) is 8.19. The number of anilines is 2. The number of hydrogen-bond acceptors (Lipinski definition) is 6. The van der Waals surface area contributed by atoms with Gasteiger partial charge in [0.1, 0.15) is 18.3 Å². The summed E-state index contributed by atoms with van der Waals surface area (Å²) < 4.78 is 1.75. The third-order valence-electron chi connectivity index (χ3n) is 4.44. The zero-order valence-electron chi connectivity index (χ0n) is 14.3. The van der Waals surface area contributed by atoms with Crippen molar-refractivity contribution in [2.24, 2.45) is 0 Å². The molecule has 1 aromatic carbocycles. The van der Waals surface area contributed by atoms with Crippen molar-refractivity contribution in [3.63, 3.8) is 0 Å². The molecule has 7 nitrogen and oxygen atoms in total. The third-order valence-corrected chi connectivity index (χ3v) is 5.22. The first kappa shape index (κ1) is 16.7. The van der Waals surface area contributed by atoms with Gasteiger partial charge in [-0.15, -0.1) is 11.3 Å². The second-order valence-corrected chi connectivity index (χ2v) is 7.27. The fourth-order valence-corrected chi connectivity index (χ4v) is 3.85. The number of rotatable bonds is 6. The fourth-order valence-electron chi connectivity index (χ4n) is 3.08. The van der Waals surface area contributed by atoms with Crippen LogP contribution in [0.2, 0.25) is 0 Å². The molecule has 1 aliphatic carbocycles. The van der Waals surface area contributed by atoms with E-state index < -0.39 is 0 Å². The number of thiazole rings is 1. The lowest BCUT2D eigenvalue weighted by atomic mass is 10.2. The van der Waals surface area contributed by atoms with Gasteiger partial charge in [-0.3, -0.25) is 4.79 Å². The summed E-state index contributed by atoms with van der Waals surface area (Å²) in [7, 11) is 0. The van der Waals surface area contributed by atoms with E-state index in [-0.39, 0.29) is 5.91 Å². The molecule has 2 heterocycles.